The van der Waals surface area contributed by atoms with Crippen LogP contribution >= 0.6 is 0 Å². The van der Waals surface area contributed by atoms with Gasteiger partial charge >= 0.3 is 0 Å². The van der Waals surface area contributed by atoms with Gasteiger partial charge in [-0.05, 0) is 43.2 Å². The van der Waals surface area contributed by atoms with Crippen LogP contribution in [-0.2, 0) is 20.9 Å². The van der Waals surface area contributed by atoms with Crippen LogP contribution in [0.15, 0.2) is 42.5 Å². The van der Waals surface area contributed by atoms with Gasteiger partial charge in [0.05, 0.1) is 13.0 Å². The number of amides is 4. The first kappa shape index (κ1) is 20.6. The van der Waals surface area contributed by atoms with Crippen molar-refractivity contribution >= 4 is 29.3 Å². The van der Waals surface area contributed by atoms with Crippen LogP contribution in [0.25, 0.3) is 0 Å². The fourth-order valence-corrected chi connectivity index (χ4v) is 3.88. The average Bonchev–Trinajstić information content (AvgIpc) is 3.06. The molecule has 1 unspecified atom stereocenters. The lowest BCUT2D eigenvalue weighted by atomic mass is 10.0. The molecule has 0 radical (unpaired) electrons. The highest BCUT2D eigenvalue weighted by Gasteiger charge is 2.39. The molecule has 1 fully saturated rings. The molecule has 2 aliphatic rings. The molecule has 0 aromatic heterocycles. The van der Waals surface area contributed by atoms with E-state index in [2.05, 4.69) is 10.6 Å². The number of nitrogens with zero attached hydrogens (tertiary/aromatic N) is 1. The van der Waals surface area contributed by atoms with Crippen molar-refractivity contribution in [2.75, 3.05) is 11.9 Å². The van der Waals surface area contributed by atoms with Gasteiger partial charge in [0, 0.05) is 29.8 Å². The van der Waals surface area contributed by atoms with Gasteiger partial charge in [0.25, 0.3) is 5.91 Å². The van der Waals surface area contributed by atoms with Gasteiger partial charge in [-0.15, -0.1) is 0 Å². The zero-order chi connectivity index (χ0) is 22.0. The molecule has 1 atom stereocenters. The van der Waals surface area contributed by atoms with Crippen molar-refractivity contribution < 1.29 is 23.9 Å². The number of benzene rings is 2. The second-order valence-corrected chi connectivity index (χ2v) is 7.69. The Bertz CT molecular complexity index is 1060. The number of carbonyl (C=O) groups is 4. The first-order valence-electron chi connectivity index (χ1n) is 10.2. The Balaban J connectivity index is 1.39. The molecule has 2 heterocycles. The number of ether oxygens (including phenoxy) is 1. The normalized spacial score (nSPS) is 17.9. The summed E-state index contributed by atoms with van der Waals surface area (Å²) in [7, 11) is 0. The van der Waals surface area contributed by atoms with E-state index in [0.717, 1.165) is 5.56 Å². The van der Waals surface area contributed by atoms with Crippen molar-refractivity contribution in [1.82, 2.24) is 10.2 Å². The van der Waals surface area contributed by atoms with E-state index < -0.39 is 11.9 Å². The topological polar surface area (TPSA) is 105 Å². The van der Waals surface area contributed by atoms with Gasteiger partial charge in [-0.2, -0.15) is 0 Å². The van der Waals surface area contributed by atoms with Gasteiger partial charge in [0.15, 0.2) is 0 Å². The monoisotopic (exact) mass is 421 g/mol. The van der Waals surface area contributed by atoms with Crippen molar-refractivity contribution in [2.24, 2.45) is 0 Å². The smallest absolute Gasteiger partial charge is 0.255 e. The average molecular weight is 421 g/mol. The summed E-state index contributed by atoms with van der Waals surface area (Å²) >= 11 is 0. The Morgan fingerprint density at radius 1 is 1.19 bits per heavy atom. The third-order valence-electron chi connectivity index (χ3n) is 5.44. The van der Waals surface area contributed by atoms with E-state index in [4.69, 9.17) is 4.74 Å². The number of hydrogen-bond donors (Lipinski definition) is 2. The first-order valence-corrected chi connectivity index (χ1v) is 10.2. The summed E-state index contributed by atoms with van der Waals surface area (Å²) in [6.45, 7) is 2.40. The van der Waals surface area contributed by atoms with Gasteiger partial charge in [-0.25, -0.2) is 0 Å². The number of nitrogens with one attached hydrogen (secondary N) is 2. The van der Waals surface area contributed by atoms with E-state index in [9.17, 15) is 19.2 Å². The fraction of sp³-hybridized carbons (Fsp3) is 0.304. The summed E-state index contributed by atoms with van der Waals surface area (Å²) in [5, 5.41) is 5.13. The maximum absolute atomic E-state index is 12.8. The number of piperidine rings is 1. The second kappa shape index (κ2) is 8.59. The minimum atomic E-state index is -0.691. The predicted molar refractivity (Wildman–Crippen MR) is 112 cm³/mol. The van der Waals surface area contributed by atoms with Crippen molar-refractivity contribution in [3.63, 3.8) is 0 Å². The molecule has 1 saturated heterocycles. The number of fused-ring (bicyclic) bond motifs is 1. The van der Waals surface area contributed by atoms with Crippen LogP contribution in [0.3, 0.4) is 0 Å². The summed E-state index contributed by atoms with van der Waals surface area (Å²) < 4.78 is 5.63. The van der Waals surface area contributed by atoms with Crippen LogP contribution in [-0.4, -0.2) is 41.2 Å². The van der Waals surface area contributed by atoms with E-state index in [0.29, 0.717) is 29.0 Å². The zero-order valence-electron chi connectivity index (χ0n) is 17.1. The van der Waals surface area contributed by atoms with Crippen LogP contribution in [0.4, 0.5) is 5.69 Å². The second-order valence-electron chi connectivity index (χ2n) is 7.69. The molecule has 2 aromatic carbocycles. The molecular formula is C23H23N3O5. The van der Waals surface area contributed by atoms with Crippen LogP contribution < -0.4 is 15.4 Å². The van der Waals surface area contributed by atoms with E-state index in [-0.39, 0.29) is 43.7 Å². The number of rotatable bonds is 6. The van der Waals surface area contributed by atoms with E-state index in [1.165, 1.54) is 4.90 Å². The highest BCUT2D eigenvalue weighted by atomic mass is 16.5. The van der Waals surface area contributed by atoms with Gasteiger partial charge in [0.2, 0.25) is 17.7 Å². The SMILES string of the molecule is Cc1cccc(OCCC(=O)Nc2cccc3c2CN(C2CCC(=O)NC2=O)C3=O)c1. The molecule has 31 heavy (non-hydrogen) atoms. The van der Waals surface area contributed by atoms with Gasteiger partial charge in [-0.3, -0.25) is 24.5 Å². The Hall–Kier alpha value is -3.68. The summed E-state index contributed by atoms with van der Waals surface area (Å²) in [6.07, 6.45) is 0.645. The molecule has 0 bridgehead atoms. The van der Waals surface area contributed by atoms with Crippen molar-refractivity contribution in [3.05, 3.63) is 59.2 Å². The minimum absolute atomic E-state index is 0.155. The van der Waals surface area contributed by atoms with Gasteiger partial charge in [0.1, 0.15) is 11.8 Å². The summed E-state index contributed by atoms with van der Waals surface area (Å²) in [5.74, 6) is -0.585. The predicted octanol–water partition coefficient (Wildman–Crippen LogP) is 2.16. The molecule has 8 nitrogen and oxygen atoms in total. The van der Waals surface area contributed by atoms with E-state index in [1.54, 1.807) is 18.2 Å². The summed E-state index contributed by atoms with van der Waals surface area (Å²) in [5.41, 5.74) is 2.75. The Morgan fingerprint density at radius 3 is 2.77 bits per heavy atom. The number of aryl methyl sites for hydroxylation is 1. The molecule has 2 aromatic rings. The minimum Gasteiger partial charge on any atom is -0.493 e. The lowest BCUT2D eigenvalue weighted by Crippen LogP contribution is -2.52. The molecule has 0 aliphatic carbocycles. The molecule has 2 N–H and O–H groups in total. The molecule has 160 valence electrons. The Morgan fingerprint density at radius 2 is 2.00 bits per heavy atom. The van der Waals surface area contributed by atoms with E-state index in [1.807, 2.05) is 31.2 Å². The maximum Gasteiger partial charge on any atom is 0.255 e. The highest BCUT2D eigenvalue weighted by Crippen LogP contribution is 2.32. The van der Waals surface area contributed by atoms with Gasteiger partial charge in [-0.1, -0.05) is 18.2 Å². The number of carbonyl (C=O) groups excluding carboxylic acids is 4. The molecule has 4 amide bonds. The Labute approximate surface area is 179 Å². The van der Waals surface area contributed by atoms with Crippen LogP contribution in [0, 0.1) is 6.92 Å². The molecule has 0 saturated carbocycles. The quantitative estimate of drug-likeness (QED) is 0.696. The van der Waals surface area contributed by atoms with Crippen molar-refractivity contribution in [2.45, 2.75) is 38.8 Å². The molecule has 2 aliphatic heterocycles. The maximum atomic E-state index is 12.8. The van der Waals surface area contributed by atoms with Crippen LogP contribution in [0.1, 0.15) is 40.7 Å². The first-order chi connectivity index (χ1) is 14.9. The Kier molecular flexibility index (Phi) is 5.70. The number of hydrogen-bond acceptors (Lipinski definition) is 5. The number of anilines is 1. The molecular weight excluding hydrogens is 398 g/mol. The third-order valence-corrected chi connectivity index (χ3v) is 5.44. The van der Waals surface area contributed by atoms with E-state index >= 15 is 0 Å². The van der Waals surface area contributed by atoms with Crippen molar-refractivity contribution in [3.8, 4) is 5.75 Å². The summed E-state index contributed by atoms with van der Waals surface area (Å²) in [4.78, 5) is 50.3. The lowest BCUT2D eigenvalue weighted by molar-refractivity contribution is -0.137. The van der Waals surface area contributed by atoms with Gasteiger partial charge < -0.3 is 15.0 Å². The zero-order valence-corrected chi connectivity index (χ0v) is 17.1. The number of imide groups is 1. The van der Waals surface area contributed by atoms with Crippen molar-refractivity contribution in [1.29, 1.82) is 0 Å². The highest BCUT2D eigenvalue weighted by molar-refractivity contribution is 6.06. The lowest BCUT2D eigenvalue weighted by Gasteiger charge is -2.29. The largest absolute Gasteiger partial charge is 0.493 e. The molecule has 4 rings (SSSR count). The third kappa shape index (κ3) is 4.42. The molecule has 8 heteroatoms. The standard InChI is InChI=1S/C23H23N3O5/c1-14-4-2-5-15(12-14)31-11-10-21(28)24-18-7-3-6-16-17(18)13-26(23(16)30)19-8-9-20(27)25-22(19)29/h2-7,12,19H,8-11,13H2,1H3,(H,24,28)(H,25,27,29). The molecule has 0 spiro atoms. The van der Waals surface area contributed by atoms with Crippen LogP contribution in [0.2, 0.25) is 0 Å². The van der Waals surface area contributed by atoms with Crippen LogP contribution in [0.5, 0.6) is 5.75 Å². The fourth-order valence-electron chi connectivity index (χ4n) is 3.88. The summed E-state index contributed by atoms with van der Waals surface area (Å²) in [6, 6.07) is 12.0.